The fourth-order valence-corrected chi connectivity index (χ4v) is 3.46. The Hall–Kier alpha value is -0.890. The predicted molar refractivity (Wildman–Crippen MR) is 72.0 cm³/mol. The Labute approximate surface area is 109 Å². The van der Waals surface area contributed by atoms with Crippen LogP contribution in [0.15, 0.2) is 18.2 Å². The summed E-state index contributed by atoms with van der Waals surface area (Å²) in [7, 11) is 0. The quantitative estimate of drug-likeness (QED) is 0.835. The summed E-state index contributed by atoms with van der Waals surface area (Å²) in [4.78, 5) is 0. The van der Waals surface area contributed by atoms with E-state index >= 15 is 0 Å². The molecule has 0 aromatic heterocycles. The molecule has 0 spiro atoms. The Bertz CT molecular complexity index is 429. The van der Waals surface area contributed by atoms with Gasteiger partial charge in [-0.15, -0.1) is 0 Å². The fraction of sp³-hybridized carbons (Fsp3) is 0.625. The molecular weight excluding hydrogens is 225 g/mol. The maximum atomic E-state index is 14.3. The molecule has 3 rings (SSSR count). The van der Waals surface area contributed by atoms with Crippen LogP contribution < -0.4 is 5.32 Å². The monoisotopic (exact) mass is 247 g/mol. The fourth-order valence-electron chi connectivity index (χ4n) is 3.46. The van der Waals surface area contributed by atoms with Gasteiger partial charge in [0.05, 0.1) is 0 Å². The van der Waals surface area contributed by atoms with E-state index in [1.54, 1.807) is 6.07 Å². The van der Waals surface area contributed by atoms with Gasteiger partial charge in [0.2, 0.25) is 0 Å². The zero-order valence-electron chi connectivity index (χ0n) is 11.1. The highest BCUT2D eigenvalue weighted by molar-refractivity contribution is 5.33. The first-order valence-corrected chi connectivity index (χ1v) is 7.24. The minimum atomic E-state index is -0.0768. The molecule has 2 heteroatoms. The second-order valence-corrected chi connectivity index (χ2v) is 5.97. The lowest BCUT2D eigenvalue weighted by molar-refractivity contribution is 0.269. The van der Waals surface area contributed by atoms with Gasteiger partial charge in [-0.05, 0) is 51.1 Å². The van der Waals surface area contributed by atoms with Crippen molar-refractivity contribution in [1.82, 2.24) is 5.32 Å². The van der Waals surface area contributed by atoms with Crippen LogP contribution in [0, 0.1) is 18.7 Å². The van der Waals surface area contributed by atoms with Gasteiger partial charge in [0.15, 0.2) is 0 Å². The molecule has 0 radical (unpaired) electrons. The minimum Gasteiger partial charge on any atom is -0.307 e. The van der Waals surface area contributed by atoms with Gasteiger partial charge in [-0.3, -0.25) is 0 Å². The van der Waals surface area contributed by atoms with Crippen molar-refractivity contribution in [3.63, 3.8) is 0 Å². The van der Waals surface area contributed by atoms with E-state index in [2.05, 4.69) is 18.3 Å². The molecule has 1 aliphatic heterocycles. The van der Waals surface area contributed by atoms with E-state index in [4.69, 9.17) is 0 Å². The smallest absolute Gasteiger partial charge is 0.128 e. The first-order chi connectivity index (χ1) is 8.72. The minimum absolute atomic E-state index is 0.0260. The van der Waals surface area contributed by atoms with Crippen LogP contribution in [0.1, 0.15) is 49.7 Å². The van der Waals surface area contributed by atoms with Gasteiger partial charge < -0.3 is 5.32 Å². The predicted octanol–water partition coefficient (Wildman–Crippen LogP) is 3.90. The third-order valence-corrected chi connectivity index (χ3v) is 4.57. The summed E-state index contributed by atoms with van der Waals surface area (Å²) in [5.41, 5.74) is 2.01. The number of hydrogen-bond donors (Lipinski definition) is 1. The zero-order chi connectivity index (χ0) is 12.6. The van der Waals surface area contributed by atoms with Gasteiger partial charge in [-0.25, -0.2) is 4.39 Å². The Morgan fingerprint density at radius 3 is 2.83 bits per heavy atom. The topological polar surface area (TPSA) is 12.0 Å². The molecule has 1 heterocycles. The molecule has 1 saturated carbocycles. The van der Waals surface area contributed by atoms with Gasteiger partial charge >= 0.3 is 0 Å². The molecule has 1 aliphatic carbocycles. The van der Waals surface area contributed by atoms with Crippen LogP contribution in [-0.2, 0) is 5.54 Å². The van der Waals surface area contributed by atoms with E-state index in [-0.39, 0.29) is 11.4 Å². The summed E-state index contributed by atoms with van der Waals surface area (Å²) in [6.07, 6.45) is 7.31. The van der Waals surface area contributed by atoms with Gasteiger partial charge in [0.25, 0.3) is 0 Å². The number of aryl methyl sites for hydroxylation is 1. The largest absolute Gasteiger partial charge is 0.307 e. The van der Waals surface area contributed by atoms with E-state index in [1.807, 2.05) is 6.07 Å². The van der Waals surface area contributed by atoms with Crippen LogP contribution in [0.3, 0.4) is 0 Å². The summed E-state index contributed by atoms with van der Waals surface area (Å²) in [6, 6.07) is 5.57. The third-order valence-electron chi connectivity index (χ3n) is 4.57. The number of halogens is 1. The molecule has 2 aliphatic rings. The Morgan fingerprint density at radius 1 is 1.22 bits per heavy atom. The van der Waals surface area contributed by atoms with Crippen molar-refractivity contribution in [2.45, 2.75) is 51.0 Å². The van der Waals surface area contributed by atoms with Crippen LogP contribution in [0.2, 0.25) is 0 Å². The third kappa shape index (κ3) is 2.07. The summed E-state index contributed by atoms with van der Waals surface area (Å²) >= 11 is 0. The number of nitrogens with one attached hydrogen (secondary N) is 1. The highest BCUT2D eigenvalue weighted by Crippen LogP contribution is 2.50. The molecular formula is C16H22FN. The normalized spacial score (nSPS) is 29.0. The summed E-state index contributed by atoms with van der Waals surface area (Å²) in [6.45, 7) is 3.09. The molecule has 0 amide bonds. The van der Waals surface area contributed by atoms with Gasteiger partial charge in [-0.1, -0.05) is 30.5 Å². The molecule has 1 N–H and O–H groups in total. The van der Waals surface area contributed by atoms with Crippen molar-refractivity contribution < 1.29 is 4.39 Å². The molecule has 0 bridgehead atoms. The van der Waals surface area contributed by atoms with E-state index < -0.39 is 0 Å². The first-order valence-electron chi connectivity index (χ1n) is 7.24. The average Bonchev–Trinajstić information content (AvgIpc) is 3.17. The van der Waals surface area contributed by atoms with Crippen LogP contribution in [0.25, 0.3) is 0 Å². The zero-order valence-corrected chi connectivity index (χ0v) is 11.1. The van der Waals surface area contributed by atoms with Crippen molar-refractivity contribution in [2.75, 3.05) is 6.54 Å². The van der Waals surface area contributed by atoms with Gasteiger partial charge in [0, 0.05) is 11.1 Å². The lowest BCUT2D eigenvalue weighted by Crippen LogP contribution is -2.44. The van der Waals surface area contributed by atoms with E-state index in [9.17, 15) is 4.39 Å². The molecule has 1 saturated heterocycles. The molecule has 2 fully saturated rings. The number of benzene rings is 1. The molecule has 1 aromatic rings. The standard InChI is InChI=1S/C16H22FN/c1-12-5-8-15(17)14(11-12)16(13-6-7-13)9-3-2-4-10-18-16/h5,8,11,13,18H,2-4,6-7,9-10H2,1H3. The lowest BCUT2D eigenvalue weighted by atomic mass is 9.80. The van der Waals surface area contributed by atoms with Crippen molar-refractivity contribution in [1.29, 1.82) is 0 Å². The van der Waals surface area contributed by atoms with E-state index in [0.29, 0.717) is 5.92 Å². The second-order valence-electron chi connectivity index (χ2n) is 5.97. The van der Waals surface area contributed by atoms with E-state index in [1.165, 1.54) is 32.1 Å². The van der Waals surface area contributed by atoms with Crippen LogP contribution in [0.4, 0.5) is 4.39 Å². The number of rotatable bonds is 2. The second kappa shape index (κ2) is 4.65. The summed E-state index contributed by atoms with van der Waals surface area (Å²) in [5.74, 6) is 0.619. The SMILES string of the molecule is Cc1ccc(F)c(C2(C3CC3)CCCCCN2)c1. The summed E-state index contributed by atoms with van der Waals surface area (Å²) < 4.78 is 14.3. The maximum absolute atomic E-state index is 14.3. The first kappa shape index (κ1) is 12.2. The molecule has 18 heavy (non-hydrogen) atoms. The van der Waals surface area contributed by atoms with Crippen molar-refractivity contribution in [3.05, 3.63) is 35.1 Å². The van der Waals surface area contributed by atoms with E-state index in [0.717, 1.165) is 24.1 Å². The van der Waals surface area contributed by atoms with Crippen LogP contribution in [-0.4, -0.2) is 6.54 Å². The summed E-state index contributed by atoms with van der Waals surface area (Å²) in [5, 5.41) is 3.70. The highest BCUT2D eigenvalue weighted by atomic mass is 19.1. The Morgan fingerprint density at radius 2 is 2.06 bits per heavy atom. The van der Waals surface area contributed by atoms with Crippen LogP contribution >= 0.6 is 0 Å². The van der Waals surface area contributed by atoms with Gasteiger partial charge in [0.1, 0.15) is 5.82 Å². The lowest BCUT2D eigenvalue weighted by Gasteiger charge is -2.35. The number of hydrogen-bond acceptors (Lipinski definition) is 1. The molecule has 1 aromatic carbocycles. The maximum Gasteiger partial charge on any atom is 0.128 e. The molecule has 98 valence electrons. The molecule has 1 nitrogen and oxygen atoms in total. The molecule has 1 atom stereocenters. The van der Waals surface area contributed by atoms with Crippen molar-refractivity contribution in [2.24, 2.45) is 5.92 Å². The Balaban J connectivity index is 2.04. The highest BCUT2D eigenvalue weighted by Gasteiger charge is 2.47. The average molecular weight is 247 g/mol. The Kier molecular flexibility index (Phi) is 3.14. The van der Waals surface area contributed by atoms with Gasteiger partial charge in [-0.2, -0.15) is 0 Å². The van der Waals surface area contributed by atoms with Crippen molar-refractivity contribution in [3.8, 4) is 0 Å². The molecule has 1 unspecified atom stereocenters. The van der Waals surface area contributed by atoms with Crippen molar-refractivity contribution >= 4 is 0 Å². The van der Waals surface area contributed by atoms with Crippen LogP contribution in [0.5, 0.6) is 0 Å².